The van der Waals surface area contributed by atoms with E-state index in [-0.39, 0.29) is 0 Å². The maximum absolute atomic E-state index is 5.97. The molecule has 0 saturated heterocycles. The van der Waals surface area contributed by atoms with Crippen LogP contribution in [-0.4, -0.2) is 30.1 Å². The molecule has 0 aromatic rings. The van der Waals surface area contributed by atoms with Gasteiger partial charge in [-0.15, -0.1) is 0 Å². The van der Waals surface area contributed by atoms with Gasteiger partial charge in [0.05, 0.1) is 0 Å². The standard InChI is InChI=1S/C14H28N2/c1-2-3-10-16(14-8-9-14)11-12-4-6-13(15)7-5-12/h12-14H,2-11,15H2,1H3. The highest BCUT2D eigenvalue weighted by Gasteiger charge is 2.30. The van der Waals surface area contributed by atoms with Gasteiger partial charge < -0.3 is 10.6 Å². The first kappa shape index (κ1) is 12.4. The van der Waals surface area contributed by atoms with Crippen LogP contribution in [0.4, 0.5) is 0 Å². The zero-order valence-electron chi connectivity index (χ0n) is 10.8. The minimum Gasteiger partial charge on any atom is -0.328 e. The molecule has 94 valence electrons. The second kappa shape index (κ2) is 6.02. The minimum atomic E-state index is 0.501. The average molecular weight is 224 g/mol. The highest BCUT2D eigenvalue weighted by Crippen LogP contribution is 2.31. The molecule has 2 N–H and O–H groups in total. The first-order chi connectivity index (χ1) is 7.79. The third-order valence-corrected chi connectivity index (χ3v) is 4.25. The normalized spacial score (nSPS) is 30.9. The summed E-state index contributed by atoms with van der Waals surface area (Å²) in [5.41, 5.74) is 5.97. The lowest BCUT2D eigenvalue weighted by Gasteiger charge is -2.31. The van der Waals surface area contributed by atoms with E-state index >= 15 is 0 Å². The Morgan fingerprint density at radius 2 is 1.75 bits per heavy atom. The molecule has 0 atom stereocenters. The van der Waals surface area contributed by atoms with Crippen LogP contribution in [0.25, 0.3) is 0 Å². The van der Waals surface area contributed by atoms with E-state index in [0.29, 0.717) is 6.04 Å². The number of nitrogens with zero attached hydrogens (tertiary/aromatic N) is 1. The molecule has 2 fully saturated rings. The maximum Gasteiger partial charge on any atom is 0.00965 e. The third kappa shape index (κ3) is 3.74. The first-order valence-electron chi connectivity index (χ1n) is 7.29. The van der Waals surface area contributed by atoms with Crippen molar-refractivity contribution in [1.82, 2.24) is 4.90 Å². The monoisotopic (exact) mass is 224 g/mol. The quantitative estimate of drug-likeness (QED) is 0.751. The van der Waals surface area contributed by atoms with Crippen molar-refractivity contribution in [3.63, 3.8) is 0 Å². The van der Waals surface area contributed by atoms with E-state index in [4.69, 9.17) is 5.73 Å². The predicted molar refractivity (Wildman–Crippen MR) is 69.4 cm³/mol. The van der Waals surface area contributed by atoms with Crippen molar-refractivity contribution >= 4 is 0 Å². The second-order valence-corrected chi connectivity index (χ2v) is 5.86. The molecule has 2 nitrogen and oxygen atoms in total. The van der Waals surface area contributed by atoms with Gasteiger partial charge in [-0.3, -0.25) is 0 Å². The number of nitrogens with two attached hydrogens (primary N) is 1. The molecule has 0 bridgehead atoms. The van der Waals surface area contributed by atoms with E-state index in [2.05, 4.69) is 11.8 Å². The summed E-state index contributed by atoms with van der Waals surface area (Å²) in [6, 6.07) is 1.45. The van der Waals surface area contributed by atoms with Crippen LogP contribution >= 0.6 is 0 Å². The highest BCUT2D eigenvalue weighted by molar-refractivity contribution is 4.86. The van der Waals surface area contributed by atoms with Gasteiger partial charge in [-0.05, 0) is 57.4 Å². The largest absolute Gasteiger partial charge is 0.328 e. The van der Waals surface area contributed by atoms with Gasteiger partial charge in [0, 0.05) is 18.6 Å². The highest BCUT2D eigenvalue weighted by atomic mass is 15.2. The first-order valence-corrected chi connectivity index (χ1v) is 7.29. The van der Waals surface area contributed by atoms with E-state index < -0.39 is 0 Å². The Kier molecular flexibility index (Phi) is 4.66. The zero-order valence-corrected chi connectivity index (χ0v) is 10.8. The van der Waals surface area contributed by atoms with Crippen LogP contribution < -0.4 is 5.73 Å². The second-order valence-electron chi connectivity index (χ2n) is 5.86. The Bertz CT molecular complexity index is 193. The molecule has 2 aliphatic carbocycles. The van der Waals surface area contributed by atoms with Crippen LogP contribution in [0.3, 0.4) is 0 Å². The van der Waals surface area contributed by atoms with Crippen molar-refractivity contribution in [2.45, 2.75) is 70.4 Å². The molecule has 0 aromatic heterocycles. The van der Waals surface area contributed by atoms with Crippen LogP contribution in [0.5, 0.6) is 0 Å². The molecule has 0 radical (unpaired) electrons. The molecule has 2 aliphatic rings. The van der Waals surface area contributed by atoms with E-state index in [1.807, 2.05) is 0 Å². The molecular weight excluding hydrogens is 196 g/mol. The van der Waals surface area contributed by atoms with Crippen molar-refractivity contribution in [2.75, 3.05) is 13.1 Å². The fourth-order valence-electron chi connectivity index (χ4n) is 2.93. The topological polar surface area (TPSA) is 29.3 Å². The van der Waals surface area contributed by atoms with Gasteiger partial charge >= 0.3 is 0 Å². The molecule has 2 heteroatoms. The summed E-state index contributed by atoms with van der Waals surface area (Å²) >= 11 is 0. The zero-order chi connectivity index (χ0) is 11.4. The summed E-state index contributed by atoms with van der Waals surface area (Å²) in [6.07, 6.45) is 10.9. The van der Waals surface area contributed by atoms with Crippen LogP contribution in [-0.2, 0) is 0 Å². The molecule has 0 amide bonds. The molecule has 0 spiro atoms. The van der Waals surface area contributed by atoms with E-state index in [1.54, 1.807) is 0 Å². The van der Waals surface area contributed by atoms with Gasteiger partial charge in [-0.2, -0.15) is 0 Å². The SMILES string of the molecule is CCCCN(CC1CCC(N)CC1)C1CC1. The van der Waals surface area contributed by atoms with Crippen molar-refractivity contribution in [3.05, 3.63) is 0 Å². The lowest BCUT2D eigenvalue weighted by atomic mass is 9.86. The van der Waals surface area contributed by atoms with Gasteiger partial charge in [-0.1, -0.05) is 13.3 Å². The molecule has 16 heavy (non-hydrogen) atoms. The molecule has 2 saturated carbocycles. The molecule has 2 rings (SSSR count). The number of rotatable bonds is 6. The molecular formula is C14H28N2. The van der Waals surface area contributed by atoms with Crippen LogP contribution in [0.2, 0.25) is 0 Å². The third-order valence-electron chi connectivity index (χ3n) is 4.25. The van der Waals surface area contributed by atoms with Crippen LogP contribution in [0.1, 0.15) is 58.3 Å². The summed E-state index contributed by atoms with van der Waals surface area (Å²) in [7, 11) is 0. The van der Waals surface area contributed by atoms with Gasteiger partial charge in [0.15, 0.2) is 0 Å². The Morgan fingerprint density at radius 1 is 1.06 bits per heavy atom. The van der Waals surface area contributed by atoms with Crippen molar-refractivity contribution in [3.8, 4) is 0 Å². The van der Waals surface area contributed by atoms with Gasteiger partial charge in [0.2, 0.25) is 0 Å². The predicted octanol–water partition coefficient (Wildman–Crippen LogP) is 2.77. The smallest absolute Gasteiger partial charge is 0.00965 e. The van der Waals surface area contributed by atoms with Gasteiger partial charge in [0.25, 0.3) is 0 Å². The van der Waals surface area contributed by atoms with Crippen LogP contribution in [0, 0.1) is 5.92 Å². The van der Waals surface area contributed by atoms with Crippen molar-refractivity contribution < 1.29 is 0 Å². The summed E-state index contributed by atoms with van der Waals surface area (Å²) in [6.45, 7) is 4.99. The van der Waals surface area contributed by atoms with Gasteiger partial charge in [0.1, 0.15) is 0 Å². The summed E-state index contributed by atoms with van der Waals surface area (Å²) in [5.74, 6) is 0.942. The number of unbranched alkanes of at least 4 members (excludes halogenated alkanes) is 1. The lowest BCUT2D eigenvalue weighted by molar-refractivity contribution is 0.185. The molecule has 0 aliphatic heterocycles. The van der Waals surface area contributed by atoms with E-state index in [9.17, 15) is 0 Å². The van der Waals surface area contributed by atoms with Crippen LogP contribution in [0.15, 0.2) is 0 Å². The fourth-order valence-corrected chi connectivity index (χ4v) is 2.93. The van der Waals surface area contributed by atoms with Gasteiger partial charge in [-0.25, -0.2) is 0 Å². The maximum atomic E-state index is 5.97. The number of hydrogen-bond donors (Lipinski definition) is 1. The molecule has 0 heterocycles. The van der Waals surface area contributed by atoms with Crippen molar-refractivity contribution in [2.24, 2.45) is 11.7 Å². The Morgan fingerprint density at radius 3 is 2.31 bits per heavy atom. The Labute approximate surface area is 101 Å². The van der Waals surface area contributed by atoms with Crippen molar-refractivity contribution in [1.29, 1.82) is 0 Å². The van der Waals surface area contributed by atoms with E-state index in [0.717, 1.165) is 12.0 Å². The summed E-state index contributed by atoms with van der Waals surface area (Å²) in [4.78, 5) is 2.77. The summed E-state index contributed by atoms with van der Waals surface area (Å²) < 4.78 is 0. The Balaban J connectivity index is 1.72. The minimum absolute atomic E-state index is 0.501. The summed E-state index contributed by atoms with van der Waals surface area (Å²) in [5, 5.41) is 0. The average Bonchev–Trinajstić information content (AvgIpc) is 3.11. The Hall–Kier alpha value is -0.0800. The fraction of sp³-hybridized carbons (Fsp3) is 1.00. The van der Waals surface area contributed by atoms with E-state index in [1.165, 1.54) is 64.5 Å². The molecule has 0 aromatic carbocycles. The molecule has 0 unspecified atom stereocenters. The lowest BCUT2D eigenvalue weighted by Crippen LogP contribution is -2.36. The number of hydrogen-bond acceptors (Lipinski definition) is 2.